The minimum absolute atomic E-state index is 0.239. The van der Waals surface area contributed by atoms with Crippen LogP contribution in [0.25, 0.3) is 32.7 Å². The number of para-hydroxylation sites is 4. The summed E-state index contributed by atoms with van der Waals surface area (Å²) in [6, 6.07) is 106. The first kappa shape index (κ1) is 47.1. The third kappa shape index (κ3) is 8.45. The predicted molar refractivity (Wildman–Crippen MR) is 327 cm³/mol. The van der Waals surface area contributed by atoms with Crippen molar-refractivity contribution >= 4 is 89.8 Å². The monoisotopic (exact) mass is 990 g/mol. The molecule has 1 aliphatic rings. The van der Waals surface area contributed by atoms with Gasteiger partial charge in [0, 0.05) is 73.1 Å². The molecule has 370 valence electrons. The van der Waals surface area contributed by atoms with E-state index in [1.165, 1.54) is 43.8 Å². The third-order valence-corrected chi connectivity index (χ3v) is 15.9. The van der Waals surface area contributed by atoms with Gasteiger partial charge in [0.2, 0.25) is 0 Å². The van der Waals surface area contributed by atoms with Crippen LogP contribution in [0, 0.1) is 0 Å². The van der Waals surface area contributed by atoms with Crippen molar-refractivity contribution in [3.8, 4) is 11.1 Å². The van der Waals surface area contributed by atoms with E-state index in [0.717, 1.165) is 81.1 Å². The molecule has 0 heterocycles. The fraction of sp³-hybridized carbons (Fsp3) is 0.0685. The Labute approximate surface area is 452 Å². The highest BCUT2D eigenvalue weighted by molar-refractivity contribution is 6.01. The Morgan fingerprint density at radius 3 is 0.857 bits per heavy atom. The van der Waals surface area contributed by atoms with Crippen LogP contribution in [0.5, 0.6) is 0 Å². The Balaban J connectivity index is 0.931. The number of rotatable bonds is 14. The minimum Gasteiger partial charge on any atom is -0.311 e. The fourth-order valence-corrected chi connectivity index (χ4v) is 12.1. The summed E-state index contributed by atoms with van der Waals surface area (Å²) in [5, 5.41) is 4.82. The molecule has 0 amide bonds. The van der Waals surface area contributed by atoms with Gasteiger partial charge in [-0.2, -0.15) is 0 Å². The zero-order chi connectivity index (χ0) is 51.7. The van der Waals surface area contributed by atoms with Crippen molar-refractivity contribution in [3.05, 3.63) is 302 Å². The minimum atomic E-state index is -0.239. The van der Waals surface area contributed by atoms with Crippen LogP contribution in [-0.2, 0) is 5.41 Å². The van der Waals surface area contributed by atoms with Gasteiger partial charge in [-0.25, -0.2) is 0 Å². The van der Waals surface area contributed by atoms with Crippen molar-refractivity contribution < 1.29 is 0 Å². The van der Waals surface area contributed by atoms with Crippen molar-refractivity contribution in [2.45, 2.75) is 32.1 Å². The highest BCUT2D eigenvalue weighted by atomic mass is 15.2. The molecule has 0 fully saturated rings. The van der Waals surface area contributed by atoms with Gasteiger partial charge in [-0.05, 0) is 179 Å². The molecule has 0 aliphatic heterocycles. The average Bonchev–Trinajstić information content (AvgIpc) is 3.99. The number of benzene rings is 12. The molecule has 0 radical (unpaired) electrons. The summed E-state index contributed by atoms with van der Waals surface area (Å²) in [6.45, 7) is 4.75. The summed E-state index contributed by atoms with van der Waals surface area (Å²) in [4.78, 5) is 9.58. The van der Waals surface area contributed by atoms with E-state index in [2.05, 4.69) is 325 Å². The highest BCUT2D eigenvalue weighted by Gasteiger charge is 2.41. The molecule has 0 aromatic heterocycles. The van der Waals surface area contributed by atoms with Crippen LogP contribution in [0.2, 0.25) is 0 Å². The van der Waals surface area contributed by atoms with Crippen LogP contribution in [-0.4, -0.2) is 0 Å². The molecule has 13 rings (SSSR count). The molecule has 0 unspecified atom stereocenters. The average molecular weight is 991 g/mol. The van der Waals surface area contributed by atoms with E-state index in [4.69, 9.17) is 0 Å². The Kier molecular flexibility index (Phi) is 12.4. The number of hydrogen-bond acceptors (Lipinski definition) is 4. The zero-order valence-corrected chi connectivity index (χ0v) is 43.4. The molecule has 0 saturated carbocycles. The zero-order valence-electron chi connectivity index (χ0n) is 43.4. The summed E-state index contributed by atoms with van der Waals surface area (Å²) in [7, 11) is 0. The predicted octanol–water partition coefficient (Wildman–Crippen LogP) is 21.0. The van der Waals surface area contributed by atoms with Gasteiger partial charge in [0.1, 0.15) is 0 Å². The van der Waals surface area contributed by atoms with E-state index in [9.17, 15) is 0 Å². The number of nitrogens with zero attached hydrogens (tertiary/aromatic N) is 4. The maximum atomic E-state index is 2.50. The lowest BCUT2D eigenvalue weighted by Crippen LogP contribution is -2.24. The fourth-order valence-electron chi connectivity index (χ4n) is 12.1. The topological polar surface area (TPSA) is 13.0 Å². The third-order valence-electron chi connectivity index (χ3n) is 15.9. The lowest BCUT2D eigenvalue weighted by molar-refractivity contribution is 0.490. The van der Waals surface area contributed by atoms with Crippen LogP contribution >= 0.6 is 0 Å². The van der Waals surface area contributed by atoms with E-state index in [1.54, 1.807) is 0 Å². The SMILES string of the molecule is CCC1(CC)c2cc(N(c3ccc(N(c4ccccc4)c4ccccc4)cc3)c3cccc4ccccc34)ccc2-c2ccc(N(c3ccc(N(c4ccccc4)c4ccccc4)cc3)c3cccc4ccccc34)cc21. The van der Waals surface area contributed by atoms with Gasteiger partial charge in [-0.15, -0.1) is 0 Å². The van der Waals surface area contributed by atoms with Crippen LogP contribution in [0.15, 0.2) is 291 Å². The van der Waals surface area contributed by atoms with E-state index < -0.39 is 0 Å². The molecular formula is C73H58N4. The van der Waals surface area contributed by atoms with E-state index in [-0.39, 0.29) is 5.41 Å². The van der Waals surface area contributed by atoms with E-state index >= 15 is 0 Å². The molecule has 0 N–H and O–H groups in total. The van der Waals surface area contributed by atoms with Crippen LogP contribution in [0.1, 0.15) is 37.8 Å². The summed E-state index contributed by atoms with van der Waals surface area (Å²) in [5.74, 6) is 0. The van der Waals surface area contributed by atoms with Crippen molar-refractivity contribution in [1.29, 1.82) is 0 Å². The number of hydrogen-bond donors (Lipinski definition) is 0. The van der Waals surface area contributed by atoms with Gasteiger partial charge in [-0.3, -0.25) is 0 Å². The molecule has 4 nitrogen and oxygen atoms in total. The van der Waals surface area contributed by atoms with Crippen LogP contribution in [0.3, 0.4) is 0 Å². The first-order valence-corrected chi connectivity index (χ1v) is 27.0. The van der Waals surface area contributed by atoms with Gasteiger partial charge in [0.15, 0.2) is 0 Å². The van der Waals surface area contributed by atoms with E-state index in [1.807, 2.05) is 0 Å². The summed E-state index contributed by atoms with van der Waals surface area (Å²) < 4.78 is 0. The molecule has 12 aromatic rings. The Bertz CT molecular complexity index is 3650. The van der Waals surface area contributed by atoms with Crippen LogP contribution in [0.4, 0.5) is 68.2 Å². The summed E-state index contributed by atoms with van der Waals surface area (Å²) in [6.07, 6.45) is 1.90. The van der Waals surface area contributed by atoms with Crippen LogP contribution < -0.4 is 19.6 Å². The van der Waals surface area contributed by atoms with Crippen molar-refractivity contribution in [2.24, 2.45) is 0 Å². The Hall–Kier alpha value is -9.64. The van der Waals surface area contributed by atoms with Gasteiger partial charge in [-0.1, -0.05) is 172 Å². The Morgan fingerprint density at radius 1 is 0.247 bits per heavy atom. The quantitative estimate of drug-likeness (QED) is 0.108. The second kappa shape index (κ2) is 20.2. The second-order valence-corrected chi connectivity index (χ2v) is 20.0. The van der Waals surface area contributed by atoms with Gasteiger partial charge >= 0.3 is 0 Å². The number of fused-ring (bicyclic) bond motifs is 5. The molecule has 12 aromatic carbocycles. The van der Waals surface area contributed by atoms with Crippen molar-refractivity contribution in [3.63, 3.8) is 0 Å². The summed E-state index contributed by atoms with van der Waals surface area (Å²) in [5.41, 5.74) is 18.5. The maximum absolute atomic E-state index is 2.50. The summed E-state index contributed by atoms with van der Waals surface area (Å²) >= 11 is 0. The molecule has 0 atom stereocenters. The molecule has 1 aliphatic carbocycles. The highest BCUT2D eigenvalue weighted by Crippen LogP contribution is 2.56. The normalized spacial score (nSPS) is 12.2. The molecule has 0 spiro atoms. The largest absolute Gasteiger partial charge is 0.311 e. The van der Waals surface area contributed by atoms with E-state index in [0.29, 0.717) is 0 Å². The number of anilines is 12. The lowest BCUT2D eigenvalue weighted by atomic mass is 9.73. The van der Waals surface area contributed by atoms with Gasteiger partial charge in [0.25, 0.3) is 0 Å². The smallest absolute Gasteiger partial charge is 0.0540 e. The van der Waals surface area contributed by atoms with Crippen molar-refractivity contribution in [2.75, 3.05) is 19.6 Å². The van der Waals surface area contributed by atoms with Crippen molar-refractivity contribution in [1.82, 2.24) is 0 Å². The molecule has 77 heavy (non-hydrogen) atoms. The molecular weight excluding hydrogens is 933 g/mol. The standard InChI is InChI=1S/C73H58N4/c1-3-73(4-2)69-51-63(76(71-37-21-25-53-23-17-19-35-65(53)71)61-43-39-59(40-44-61)74(55-27-9-5-10-28-55)56-29-11-6-12-30-56)47-49-67(69)68-50-48-64(52-70(68)73)77(72-38-22-26-54-24-18-20-36-66(54)72)62-45-41-60(42-46-62)75(57-31-13-7-14-32-57)58-33-15-8-16-34-58/h5-52H,3-4H2,1-2H3. The Morgan fingerprint density at radius 2 is 0.519 bits per heavy atom. The first-order valence-electron chi connectivity index (χ1n) is 27.0. The maximum Gasteiger partial charge on any atom is 0.0540 e. The molecule has 0 bridgehead atoms. The lowest BCUT2D eigenvalue weighted by Gasteiger charge is -2.33. The second-order valence-electron chi connectivity index (χ2n) is 20.0. The molecule has 0 saturated heterocycles. The molecule has 4 heteroatoms. The van der Waals surface area contributed by atoms with Gasteiger partial charge < -0.3 is 19.6 Å². The van der Waals surface area contributed by atoms with Gasteiger partial charge in [0.05, 0.1) is 11.4 Å². The first-order chi connectivity index (χ1) is 38.1.